The van der Waals surface area contributed by atoms with E-state index >= 15 is 0 Å². The van der Waals surface area contributed by atoms with E-state index in [9.17, 15) is 4.39 Å². The molecule has 5 heteroatoms. The van der Waals surface area contributed by atoms with Crippen molar-refractivity contribution in [1.29, 1.82) is 0 Å². The van der Waals surface area contributed by atoms with Gasteiger partial charge in [-0.2, -0.15) is 5.10 Å². The lowest BCUT2D eigenvalue weighted by Crippen LogP contribution is -1.90. The number of rotatable bonds is 1. The van der Waals surface area contributed by atoms with E-state index in [0.717, 1.165) is 0 Å². The molecule has 2 aromatic rings. The monoisotopic (exact) mass is 211 g/mol. The van der Waals surface area contributed by atoms with Crippen LogP contribution in [0.3, 0.4) is 0 Å². The normalized spacial score (nSPS) is 10.5. The van der Waals surface area contributed by atoms with Crippen LogP contribution < -0.4 is 0 Å². The van der Waals surface area contributed by atoms with Crippen molar-refractivity contribution in [2.45, 2.75) is 0 Å². The molecule has 0 aliphatic rings. The van der Waals surface area contributed by atoms with Crippen LogP contribution in [0.5, 0.6) is 0 Å². The summed E-state index contributed by atoms with van der Waals surface area (Å²) in [5.41, 5.74) is 0.356. The van der Waals surface area contributed by atoms with Gasteiger partial charge in [0.25, 0.3) is 0 Å². The zero-order valence-corrected chi connectivity index (χ0v) is 8.16. The molecule has 0 amide bonds. The van der Waals surface area contributed by atoms with Gasteiger partial charge in [0, 0.05) is 12.1 Å². The van der Waals surface area contributed by atoms with Gasteiger partial charge < -0.3 is 0 Å². The predicted octanol–water partition coefficient (Wildman–Crippen LogP) is 2.27. The number of nitrogens with zero attached hydrogens (tertiary/aromatic N) is 3. The van der Waals surface area contributed by atoms with Crippen LogP contribution in [0.25, 0.3) is 11.4 Å². The lowest BCUT2D eigenvalue weighted by molar-refractivity contribution is 0.629. The second-order valence-electron chi connectivity index (χ2n) is 2.87. The predicted molar refractivity (Wildman–Crippen MR) is 51.4 cm³/mol. The minimum atomic E-state index is -0.413. The van der Waals surface area contributed by atoms with Crippen LogP contribution in [0.1, 0.15) is 0 Å². The van der Waals surface area contributed by atoms with Crippen LogP contribution in [0, 0.1) is 5.82 Å². The summed E-state index contributed by atoms with van der Waals surface area (Å²) in [6.07, 6.45) is 1.52. The second kappa shape index (κ2) is 3.38. The van der Waals surface area contributed by atoms with Crippen LogP contribution in [-0.2, 0) is 7.05 Å². The van der Waals surface area contributed by atoms with Crippen molar-refractivity contribution >= 4 is 11.6 Å². The zero-order valence-electron chi connectivity index (χ0n) is 7.41. The highest BCUT2D eigenvalue weighted by atomic mass is 35.5. The molecule has 0 saturated heterocycles. The van der Waals surface area contributed by atoms with E-state index in [0.29, 0.717) is 16.4 Å². The van der Waals surface area contributed by atoms with Crippen molar-refractivity contribution in [3.63, 3.8) is 0 Å². The van der Waals surface area contributed by atoms with Crippen molar-refractivity contribution in [3.05, 3.63) is 35.4 Å². The quantitative estimate of drug-likeness (QED) is 0.725. The van der Waals surface area contributed by atoms with Gasteiger partial charge in [0.15, 0.2) is 5.82 Å². The lowest BCUT2D eigenvalue weighted by atomic mass is 10.2. The van der Waals surface area contributed by atoms with Crippen molar-refractivity contribution in [2.75, 3.05) is 0 Å². The third kappa shape index (κ3) is 1.61. The van der Waals surface area contributed by atoms with Gasteiger partial charge in [-0.15, -0.1) is 0 Å². The van der Waals surface area contributed by atoms with Crippen LogP contribution in [-0.4, -0.2) is 14.8 Å². The molecule has 72 valence electrons. The summed E-state index contributed by atoms with van der Waals surface area (Å²) in [7, 11) is 1.73. The molecule has 0 radical (unpaired) electrons. The molecule has 3 nitrogen and oxygen atoms in total. The summed E-state index contributed by atoms with van der Waals surface area (Å²) in [6, 6.07) is 4.41. The van der Waals surface area contributed by atoms with E-state index < -0.39 is 5.82 Å². The van der Waals surface area contributed by atoms with Gasteiger partial charge in [-0.1, -0.05) is 11.6 Å². The molecule has 1 heterocycles. The van der Waals surface area contributed by atoms with E-state index in [1.165, 1.54) is 17.1 Å². The minimum absolute atomic E-state index is 0.356. The topological polar surface area (TPSA) is 30.7 Å². The Bertz CT molecular complexity index is 467. The van der Waals surface area contributed by atoms with Gasteiger partial charge >= 0.3 is 0 Å². The Morgan fingerprint density at radius 3 is 2.79 bits per heavy atom. The largest absolute Gasteiger partial charge is 0.255 e. The summed E-state index contributed by atoms with van der Waals surface area (Å²) in [6.45, 7) is 0. The Hall–Kier alpha value is -1.42. The molecular weight excluding hydrogens is 205 g/mol. The van der Waals surface area contributed by atoms with E-state index in [4.69, 9.17) is 11.6 Å². The number of halogens is 2. The first-order chi connectivity index (χ1) is 6.66. The Morgan fingerprint density at radius 2 is 2.21 bits per heavy atom. The van der Waals surface area contributed by atoms with Gasteiger partial charge in [-0.25, -0.2) is 9.37 Å². The molecule has 0 saturated carbocycles. The molecule has 1 aromatic carbocycles. The van der Waals surface area contributed by atoms with E-state index in [1.54, 1.807) is 19.2 Å². The van der Waals surface area contributed by atoms with E-state index in [2.05, 4.69) is 10.1 Å². The molecule has 0 spiro atoms. The van der Waals surface area contributed by atoms with Crippen molar-refractivity contribution in [2.24, 2.45) is 7.05 Å². The van der Waals surface area contributed by atoms with E-state index in [1.807, 2.05) is 0 Å². The molecule has 0 unspecified atom stereocenters. The van der Waals surface area contributed by atoms with Gasteiger partial charge in [-0.05, 0) is 18.2 Å². The number of benzene rings is 1. The second-order valence-corrected chi connectivity index (χ2v) is 3.30. The summed E-state index contributed by atoms with van der Waals surface area (Å²) in [4.78, 5) is 3.95. The number of hydrogen-bond donors (Lipinski definition) is 0. The molecule has 0 atom stereocenters. The molecule has 0 aliphatic heterocycles. The van der Waals surface area contributed by atoms with Crippen molar-refractivity contribution < 1.29 is 4.39 Å². The molecular formula is C9H7ClFN3. The zero-order chi connectivity index (χ0) is 10.1. The average Bonchev–Trinajstić information content (AvgIpc) is 2.51. The van der Waals surface area contributed by atoms with Gasteiger partial charge in [0.2, 0.25) is 0 Å². The number of hydrogen-bond acceptors (Lipinski definition) is 2. The fourth-order valence-electron chi connectivity index (χ4n) is 1.13. The average molecular weight is 212 g/mol. The maximum absolute atomic E-state index is 13.4. The SMILES string of the molecule is Cn1cnc(-c2ccc(Cl)cc2F)n1. The highest BCUT2D eigenvalue weighted by Crippen LogP contribution is 2.21. The van der Waals surface area contributed by atoms with Crippen LogP contribution in [0.15, 0.2) is 24.5 Å². The Labute approximate surface area is 85.1 Å². The smallest absolute Gasteiger partial charge is 0.184 e. The third-order valence-corrected chi connectivity index (χ3v) is 2.01. The molecule has 0 bridgehead atoms. The first kappa shape index (κ1) is 9.15. The summed E-state index contributed by atoms with van der Waals surface area (Å²) >= 11 is 5.62. The molecule has 0 fully saturated rings. The highest BCUT2D eigenvalue weighted by molar-refractivity contribution is 6.30. The highest BCUT2D eigenvalue weighted by Gasteiger charge is 2.09. The first-order valence-electron chi connectivity index (χ1n) is 3.98. The minimum Gasteiger partial charge on any atom is -0.255 e. The standard InChI is InChI=1S/C9H7ClFN3/c1-14-5-12-9(13-14)7-3-2-6(10)4-8(7)11/h2-5H,1H3. The van der Waals surface area contributed by atoms with Gasteiger partial charge in [0.1, 0.15) is 12.1 Å². The third-order valence-electron chi connectivity index (χ3n) is 1.77. The number of aromatic nitrogens is 3. The first-order valence-corrected chi connectivity index (χ1v) is 4.35. The Balaban J connectivity index is 2.52. The Morgan fingerprint density at radius 1 is 1.43 bits per heavy atom. The molecule has 1 aromatic heterocycles. The molecule has 0 N–H and O–H groups in total. The Kier molecular flexibility index (Phi) is 2.21. The molecule has 0 aliphatic carbocycles. The van der Waals surface area contributed by atoms with Gasteiger partial charge in [0.05, 0.1) is 5.56 Å². The lowest BCUT2D eigenvalue weighted by Gasteiger charge is -1.97. The summed E-state index contributed by atoms with van der Waals surface area (Å²) in [5.74, 6) is -0.0506. The summed E-state index contributed by atoms with van der Waals surface area (Å²) in [5, 5.41) is 4.36. The van der Waals surface area contributed by atoms with Crippen LogP contribution in [0.4, 0.5) is 4.39 Å². The van der Waals surface area contributed by atoms with Crippen molar-refractivity contribution in [3.8, 4) is 11.4 Å². The van der Waals surface area contributed by atoms with Crippen molar-refractivity contribution in [1.82, 2.24) is 14.8 Å². The summed E-state index contributed by atoms with van der Waals surface area (Å²) < 4.78 is 14.9. The van der Waals surface area contributed by atoms with Gasteiger partial charge in [-0.3, -0.25) is 4.68 Å². The number of aryl methyl sites for hydroxylation is 1. The maximum atomic E-state index is 13.4. The fraction of sp³-hybridized carbons (Fsp3) is 0.111. The molecule has 2 rings (SSSR count). The molecule has 14 heavy (non-hydrogen) atoms. The maximum Gasteiger partial charge on any atom is 0.184 e. The van der Waals surface area contributed by atoms with Crippen LogP contribution in [0.2, 0.25) is 5.02 Å². The van der Waals surface area contributed by atoms with E-state index in [-0.39, 0.29) is 0 Å². The van der Waals surface area contributed by atoms with Crippen LogP contribution >= 0.6 is 11.6 Å². The fourth-order valence-corrected chi connectivity index (χ4v) is 1.29.